The molecule has 0 saturated heterocycles. The van der Waals surface area contributed by atoms with Gasteiger partial charge in [-0.15, -0.1) is 0 Å². The third-order valence-electron chi connectivity index (χ3n) is 3.98. The number of hydrogen-bond donors (Lipinski definition) is 1. The number of carbonyl (C=O) groups is 1. The molecular formula is C16H27N3O4S. The molecule has 1 aromatic heterocycles. The Morgan fingerprint density at radius 2 is 1.79 bits per heavy atom. The molecule has 0 spiro atoms. The first-order valence-electron chi connectivity index (χ1n) is 8.09. The van der Waals surface area contributed by atoms with Crippen LogP contribution in [0.4, 0.5) is 0 Å². The van der Waals surface area contributed by atoms with Gasteiger partial charge in [-0.3, -0.25) is 9.59 Å². The van der Waals surface area contributed by atoms with Gasteiger partial charge in [0.05, 0.1) is 4.90 Å². The minimum Gasteiger partial charge on any atom is -0.350 e. The molecule has 24 heavy (non-hydrogen) atoms. The molecule has 0 bridgehead atoms. The van der Waals surface area contributed by atoms with Gasteiger partial charge in [-0.05, 0) is 26.3 Å². The fourth-order valence-corrected chi connectivity index (χ4v) is 3.64. The average molecular weight is 357 g/mol. The molecule has 0 aliphatic rings. The molecule has 1 amide bonds. The zero-order chi connectivity index (χ0) is 18.5. The Bertz CT molecular complexity index is 734. The van der Waals surface area contributed by atoms with Crippen molar-refractivity contribution in [3.63, 3.8) is 0 Å². The topological polar surface area (TPSA) is 88.5 Å². The summed E-state index contributed by atoms with van der Waals surface area (Å²) in [6.07, 6.45) is 1.97. The van der Waals surface area contributed by atoms with E-state index in [0.29, 0.717) is 13.1 Å². The summed E-state index contributed by atoms with van der Waals surface area (Å²) in [5, 5.41) is 2.83. The monoisotopic (exact) mass is 357 g/mol. The van der Waals surface area contributed by atoms with Crippen LogP contribution in [0.1, 0.15) is 41.0 Å². The molecule has 0 aromatic carbocycles. The molecule has 7 nitrogen and oxygen atoms in total. The minimum absolute atomic E-state index is 0.00773. The first-order chi connectivity index (χ1) is 11.1. The van der Waals surface area contributed by atoms with Crippen LogP contribution in [-0.4, -0.2) is 41.8 Å². The van der Waals surface area contributed by atoms with E-state index in [4.69, 9.17) is 0 Å². The maximum Gasteiger partial charge on any atom is 0.251 e. The summed E-state index contributed by atoms with van der Waals surface area (Å²) in [4.78, 5) is 24.1. The van der Waals surface area contributed by atoms with Crippen LogP contribution in [0.25, 0.3) is 0 Å². The lowest BCUT2D eigenvalue weighted by molar-refractivity contribution is -0.123. The average Bonchev–Trinajstić information content (AvgIpc) is 2.49. The third-order valence-corrected chi connectivity index (χ3v) is 6.01. The number of nitrogens with zero attached hydrogens (tertiary/aromatic N) is 2. The Kier molecular flexibility index (Phi) is 6.74. The molecule has 0 aliphatic carbocycles. The molecule has 0 radical (unpaired) electrons. The fraction of sp³-hybridized carbons (Fsp3) is 0.625. The smallest absolute Gasteiger partial charge is 0.251 e. The van der Waals surface area contributed by atoms with Gasteiger partial charge in [0.2, 0.25) is 15.9 Å². The van der Waals surface area contributed by atoms with E-state index in [2.05, 4.69) is 5.32 Å². The van der Waals surface area contributed by atoms with Gasteiger partial charge in [-0.1, -0.05) is 20.8 Å². The molecule has 0 atom stereocenters. The predicted molar refractivity (Wildman–Crippen MR) is 93.3 cm³/mol. The van der Waals surface area contributed by atoms with Gasteiger partial charge in [0.25, 0.3) is 5.56 Å². The first kappa shape index (κ1) is 20.4. The van der Waals surface area contributed by atoms with E-state index in [9.17, 15) is 18.0 Å². The number of carbonyl (C=O) groups excluding carboxylic acids is 1. The largest absolute Gasteiger partial charge is 0.350 e. The Morgan fingerprint density at radius 1 is 1.21 bits per heavy atom. The van der Waals surface area contributed by atoms with Crippen molar-refractivity contribution in [2.45, 2.75) is 58.0 Å². The zero-order valence-corrected chi connectivity index (χ0v) is 15.8. The number of nitrogens with one attached hydrogen (secondary N) is 1. The van der Waals surface area contributed by atoms with Gasteiger partial charge >= 0.3 is 0 Å². The second-order valence-corrected chi connectivity index (χ2v) is 8.14. The lowest BCUT2D eigenvalue weighted by atomic mass is 10.0. The second-order valence-electron chi connectivity index (χ2n) is 6.21. The van der Waals surface area contributed by atoms with Gasteiger partial charge in [0.1, 0.15) is 6.54 Å². The number of amides is 1. The van der Waals surface area contributed by atoms with E-state index in [0.717, 1.165) is 11.0 Å². The van der Waals surface area contributed by atoms with E-state index >= 15 is 0 Å². The van der Waals surface area contributed by atoms with Crippen LogP contribution in [-0.2, 0) is 21.4 Å². The standard InChI is InChI=1S/C16H27N3O4S/c1-6-16(4,5)17-14(20)12-18-11-13(9-10-15(18)21)24(22,23)19(7-2)8-3/h9-11H,6-8,12H2,1-5H3,(H,17,20). The van der Waals surface area contributed by atoms with Crippen LogP contribution >= 0.6 is 0 Å². The molecule has 0 aliphatic heterocycles. The van der Waals surface area contributed by atoms with E-state index in [1.54, 1.807) is 13.8 Å². The van der Waals surface area contributed by atoms with Crippen molar-refractivity contribution >= 4 is 15.9 Å². The fourth-order valence-electron chi connectivity index (χ4n) is 2.16. The highest BCUT2D eigenvalue weighted by Gasteiger charge is 2.23. The molecule has 0 fully saturated rings. The number of hydrogen-bond acceptors (Lipinski definition) is 4. The van der Waals surface area contributed by atoms with Crippen LogP contribution in [0, 0.1) is 0 Å². The van der Waals surface area contributed by atoms with E-state index in [1.165, 1.54) is 22.6 Å². The Morgan fingerprint density at radius 3 is 2.29 bits per heavy atom. The van der Waals surface area contributed by atoms with Crippen LogP contribution in [0.3, 0.4) is 0 Å². The van der Waals surface area contributed by atoms with Crippen LogP contribution in [0.2, 0.25) is 0 Å². The molecule has 0 saturated carbocycles. The molecule has 1 N–H and O–H groups in total. The van der Waals surface area contributed by atoms with Crippen molar-refractivity contribution in [1.29, 1.82) is 0 Å². The summed E-state index contributed by atoms with van der Waals surface area (Å²) in [6, 6.07) is 2.45. The third kappa shape index (κ3) is 4.91. The predicted octanol–water partition coefficient (Wildman–Crippen LogP) is 1.18. The van der Waals surface area contributed by atoms with Crippen molar-refractivity contribution in [3.8, 4) is 0 Å². The quantitative estimate of drug-likeness (QED) is 0.757. The highest BCUT2D eigenvalue weighted by Crippen LogP contribution is 2.13. The van der Waals surface area contributed by atoms with Crippen molar-refractivity contribution < 1.29 is 13.2 Å². The molecule has 8 heteroatoms. The lowest BCUT2D eigenvalue weighted by Gasteiger charge is -2.24. The SMILES string of the molecule is CCN(CC)S(=O)(=O)c1ccc(=O)n(CC(=O)NC(C)(C)CC)c1. The van der Waals surface area contributed by atoms with Gasteiger partial charge in [0, 0.05) is 30.9 Å². The van der Waals surface area contributed by atoms with Crippen molar-refractivity contribution in [2.24, 2.45) is 0 Å². The van der Waals surface area contributed by atoms with Crippen molar-refractivity contribution in [1.82, 2.24) is 14.2 Å². The van der Waals surface area contributed by atoms with E-state index in [1.807, 2.05) is 20.8 Å². The Hall–Kier alpha value is -1.67. The van der Waals surface area contributed by atoms with Crippen LogP contribution < -0.4 is 10.9 Å². The second kappa shape index (κ2) is 7.94. The molecule has 1 aromatic rings. The summed E-state index contributed by atoms with van der Waals surface area (Å²) in [7, 11) is -3.67. The van der Waals surface area contributed by atoms with Gasteiger partial charge in [0.15, 0.2) is 0 Å². The number of sulfonamides is 1. The molecule has 0 unspecified atom stereocenters. The number of pyridine rings is 1. The summed E-state index contributed by atoms with van der Waals surface area (Å²) in [6.45, 7) is 9.67. The molecule has 136 valence electrons. The Labute approximate surface area is 143 Å². The summed E-state index contributed by atoms with van der Waals surface area (Å²) in [5.74, 6) is -0.332. The van der Waals surface area contributed by atoms with Crippen molar-refractivity contribution in [3.05, 3.63) is 28.7 Å². The molecule has 1 heterocycles. The maximum absolute atomic E-state index is 12.5. The summed E-state index contributed by atoms with van der Waals surface area (Å²) < 4.78 is 27.5. The van der Waals surface area contributed by atoms with Gasteiger partial charge < -0.3 is 9.88 Å². The minimum atomic E-state index is -3.67. The van der Waals surface area contributed by atoms with Gasteiger partial charge in [-0.2, -0.15) is 4.31 Å². The van der Waals surface area contributed by atoms with E-state index in [-0.39, 0.29) is 22.9 Å². The zero-order valence-electron chi connectivity index (χ0n) is 15.0. The number of aromatic nitrogens is 1. The number of rotatable bonds is 8. The Balaban J connectivity index is 3.11. The first-order valence-corrected chi connectivity index (χ1v) is 9.53. The van der Waals surface area contributed by atoms with Gasteiger partial charge in [-0.25, -0.2) is 8.42 Å². The highest BCUT2D eigenvalue weighted by molar-refractivity contribution is 7.89. The van der Waals surface area contributed by atoms with E-state index < -0.39 is 15.6 Å². The molecule has 1 rings (SSSR count). The normalized spacial score (nSPS) is 12.4. The molecular weight excluding hydrogens is 330 g/mol. The van der Waals surface area contributed by atoms with Crippen LogP contribution in [0.15, 0.2) is 28.0 Å². The summed E-state index contributed by atoms with van der Waals surface area (Å²) >= 11 is 0. The summed E-state index contributed by atoms with van der Waals surface area (Å²) in [5.41, 5.74) is -0.802. The maximum atomic E-state index is 12.5. The van der Waals surface area contributed by atoms with Crippen LogP contribution in [0.5, 0.6) is 0 Å². The lowest BCUT2D eigenvalue weighted by Crippen LogP contribution is -2.45. The highest BCUT2D eigenvalue weighted by atomic mass is 32.2. The van der Waals surface area contributed by atoms with Crippen molar-refractivity contribution in [2.75, 3.05) is 13.1 Å².